The number of aromatic nitrogens is 1. The molecule has 0 spiro atoms. The number of anilines is 2. The van der Waals surface area contributed by atoms with Gasteiger partial charge in [-0.05, 0) is 12.1 Å². The van der Waals surface area contributed by atoms with Crippen LogP contribution in [0.3, 0.4) is 0 Å². The third-order valence-corrected chi connectivity index (χ3v) is 2.68. The Morgan fingerprint density at radius 3 is 2.67 bits per heavy atom. The molecular weight excluding hydrogens is 278 g/mol. The number of nitro groups is 1. The van der Waals surface area contributed by atoms with Gasteiger partial charge >= 0.3 is 5.97 Å². The number of methoxy groups -OCH3 is 1. The Morgan fingerprint density at radius 2 is 2.14 bits per heavy atom. The normalized spacial score (nSPS) is 9.95. The highest BCUT2D eigenvalue weighted by molar-refractivity contribution is 5.98. The van der Waals surface area contributed by atoms with Gasteiger partial charge in [0.2, 0.25) is 5.88 Å². The summed E-state index contributed by atoms with van der Waals surface area (Å²) in [4.78, 5) is 25.5. The predicted molar refractivity (Wildman–Crippen MR) is 74.1 cm³/mol. The SMILES string of the molecule is COc1ccc(Nc2c(C(=O)O)cccc2[N+](=O)[O-])cn1. The molecule has 0 amide bonds. The van der Waals surface area contributed by atoms with Crippen molar-refractivity contribution < 1.29 is 19.6 Å². The minimum Gasteiger partial charge on any atom is -0.481 e. The van der Waals surface area contributed by atoms with Crippen molar-refractivity contribution in [2.24, 2.45) is 0 Å². The molecule has 0 saturated heterocycles. The van der Waals surface area contributed by atoms with E-state index >= 15 is 0 Å². The number of nitro benzene ring substituents is 1. The molecular formula is C13H11N3O5. The highest BCUT2D eigenvalue weighted by Crippen LogP contribution is 2.31. The number of aromatic carboxylic acids is 1. The van der Waals surface area contributed by atoms with E-state index in [1.807, 2.05) is 0 Å². The number of carboxylic acids is 1. The molecule has 0 radical (unpaired) electrons. The van der Waals surface area contributed by atoms with E-state index in [1.54, 1.807) is 12.1 Å². The number of carboxylic acid groups (broad SMARTS) is 1. The number of ether oxygens (including phenoxy) is 1. The molecule has 0 aliphatic carbocycles. The summed E-state index contributed by atoms with van der Waals surface area (Å²) in [6.45, 7) is 0. The maximum absolute atomic E-state index is 11.2. The summed E-state index contributed by atoms with van der Waals surface area (Å²) in [5.74, 6) is -0.885. The van der Waals surface area contributed by atoms with Gasteiger partial charge in [-0.15, -0.1) is 0 Å². The fraction of sp³-hybridized carbons (Fsp3) is 0.0769. The average Bonchev–Trinajstić information content (AvgIpc) is 2.47. The minimum absolute atomic E-state index is 0.0954. The molecule has 0 aliphatic rings. The predicted octanol–water partition coefficient (Wildman–Crippen LogP) is 2.44. The van der Waals surface area contributed by atoms with Crippen LogP contribution < -0.4 is 10.1 Å². The highest BCUT2D eigenvalue weighted by Gasteiger charge is 2.21. The molecule has 2 N–H and O–H groups in total. The number of carbonyl (C=O) groups is 1. The second kappa shape index (κ2) is 5.87. The first kappa shape index (κ1) is 14.3. The topological polar surface area (TPSA) is 115 Å². The molecule has 1 aromatic carbocycles. The molecule has 108 valence electrons. The summed E-state index contributed by atoms with van der Waals surface area (Å²) >= 11 is 0. The van der Waals surface area contributed by atoms with Gasteiger partial charge in [-0.25, -0.2) is 9.78 Å². The van der Waals surface area contributed by atoms with Crippen molar-refractivity contribution in [1.82, 2.24) is 4.98 Å². The van der Waals surface area contributed by atoms with Crippen LogP contribution in [-0.2, 0) is 0 Å². The van der Waals surface area contributed by atoms with Crippen LogP contribution in [0.5, 0.6) is 5.88 Å². The number of benzene rings is 1. The van der Waals surface area contributed by atoms with E-state index in [0.717, 1.165) is 0 Å². The summed E-state index contributed by atoms with van der Waals surface area (Å²) < 4.78 is 4.90. The lowest BCUT2D eigenvalue weighted by atomic mass is 10.1. The van der Waals surface area contributed by atoms with Crippen molar-refractivity contribution in [3.05, 3.63) is 52.2 Å². The van der Waals surface area contributed by atoms with Gasteiger partial charge in [-0.3, -0.25) is 10.1 Å². The van der Waals surface area contributed by atoms with Crippen LogP contribution in [0.1, 0.15) is 10.4 Å². The molecule has 2 rings (SSSR count). The average molecular weight is 289 g/mol. The first-order valence-electron chi connectivity index (χ1n) is 5.80. The van der Waals surface area contributed by atoms with Gasteiger partial charge in [0.25, 0.3) is 5.69 Å². The Hall–Kier alpha value is -3.16. The van der Waals surface area contributed by atoms with E-state index in [-0.39, 0.29) is 16.9 Å². The maximum atomic E-state index is 11.2. The number of nitrogens with one attached hydrogen (secondary N) is 1. The maximum Gasteiger partial charge on any atom is 0.338 e. The van der Waals surface area contributed by atoms with Crippen LogP contribution in [0.15, 0.2) is 36.5 Å². The molecule has 0 aliphatic heterocycles. The summed E-state index contributed by atoms with van der Waals surface area (Å²) in [5.41, 5.74) is -0.208. The molecule has 21 heavy (non-hydrogen) atoms. The smallest absolute Gasteiger partial charge is 0.338 e. The van der Waals surface area contributed by atoms with Gasteiger partial charge in [-0.2, -0.15) is 0 Å². The van der Waals surface area contributed by atoms with E-state index in [4.69, 9.17) is 9.84 Å². The molecule has 1 aromatic heterocycles. The largest absolute Gasteiger partial charge is 0.481 e. The van der Waals surface area contributed by atoms with Crippen LogP contribution in [-0.4, -0.2) is 28.1 Å². The van der Waals surface area contributed by atoms with Crippen molar-refractivity contribution in [3.63, 3.8) is 0 Å². The molecule has 8 heteroatoms. The summed E-state index contributed by atoms with van der Waals surface area (Å²) in [6.07, 6.45) is 1.39. The van der Waals surface area contributed by atoms with Gasteiger partial charge < -0.3 is 15.2 Å². The summed E-state index contributed by atoms with van der Waals surface area (Å²) in [6, 6.07) is 6.96. The lowest BCUT2D eigenvalue weighted by Crippen LogP contribution is -2.06. The molecule has 0 unspecified atom stereocenters. The Bertz CT molecular complexity index is 652. The second-order valence-corrected chi connectivity index (χ2v) is 3.98. The number of pyridine rings is 1. The van der Waals surface area contributed by atoms with E-state index in [0.29, 0.717) is 11.6 Å². The van der Waals surface area contributed by atoms with E-state index < -0.39 is 10.9 Å². The third kappa shape index (κ3) is 3.06. The van der Waals surface area contributed by atoms with Crippen molar-refractivity contribution in [2.45, 2.75) is 0 Å². The van der Waals surface area contributed by atoms with Crippen molar-refractivity contribution in [1.29, 1.82) is 0 Å². The number of para-hydroxylation sites is 1. The zero-order valence-corrected chi connectivity index (χ0v) is 10.9. The third-order valence-electron chi connectivity index (χ3n) is 2.68. The summed E-state index contributed by atoms with van der Waals surface area (Å²) in [5, 5.41) is 22.9. The van der Waals surface area contributed by atoms with E-state index in [1.165, 1.54) is 31.5 Å². The lowest BCUT2D eigenvalue weighted by Gasteiger charge is -2.10. The number of hydrogen-bond acceptors (Lipinski definition) is 6. The fourth-order valence-corrected chi connectivity index (χ4v) is 1.72. The van der Waals surface area contributed by atoms with Crippen molar-refractivity contribution >= 4 is 23.0 Å². The molecule has 0 atom stereocenters. The monoisotopic (exact) mass is 289 g/mol. The van der Waals surface area contributed by atoms with Crippen LogP contribution in [0.25, 0.3) is 0 Å². The van der Waals surface area contributed by atoms with Crippen LogP contribution >= 0.6 is 0 Å². The van der Waals surface area contributed by atoms with Gasteiger partial charge in [0.15, 0.2) is 0 Å². The first-order valence-corrected chi connectivity index (χ1v) is 5.80. The highest BCUT2D eigenvalue weighted by atomic mass is 16.6. The molecule has 1 heterocycles. The number of nitrogens with zero attached hydrogens (tertiary/aromatic N) is 2. The first-order chi connectivity index (χ1) is 10.0. The number of rotatable bonds is 5. The minimum atomic E-state index is -1.26. The Labute approximate surface area is 119 Å². The van der Waals surface area contributed by atoms with E-state index in [2.05, 4.69) is 10.3 Å². The molecule has 8 nitrogen and oxygen atoms in total. The molecule has 0 bridgehead atoms. The molecule has 0 saturated carbocycles. The Morgan fingerprint density at radius 1 is 1.38 bits per heavy atom. The van der Waals surface area contributed by atoms with Gasteiger partial charge in [0.1, 0.15) is 5.69 Å². The Kier molecular flexibility index (Phi) is 3.98. The van der Waals surface area contributed by atoms with Crippen LogP contribution in [0.4, 0.5) is 17.1 Å². The van der Waals surface area contributed by atoms with E-state index in [9.17, 15) is 14.9 Å². The molecule has 2 aromatic rings. The Balaban J connectivity index is 2.45. The van der Waals surface area contributed by atoms with Crippen molar-refractivity contribution in [2.75, 3.05) is 12.4 Å². The van der Waals surface area contributed by atoms with Gasteiger partial charge in [-0.1, -0.05) is 6.07 Å². The zero-order chi connectivity index (χ0) is 15.4. The van der Waals surface area contributed by atoms with Gasteiger partial charge in [0, 0.05) is 12.1 Å². The quantitative estimate of drug-likeness (QED) is 0.641. The summed E-state index contributed by atoms with van der Waals surface area (Å²) in [7, 11) is 1.46. The van der Waals surface area contributed by atoms with Crippen molar-refractivity contribution in [3.8, 4) is 5.88 Å². The standard InChI is InChI=1S/C13H11N3O5/c1-21-11-6-5-8(7-14-11)15-12-9(13(17)18)3-2-4-10(12)16(19)20/h2-7,15H,1H3,(H,17,18). The lowest BCUT2D eigenvalue weighted by molar-refractivity contribution is -0.383. The fourth-order valence-electron chi connectivity index (χ4n) is 1.72. The second-order valence-electron chi connectivity index (χ2n) is 3.98. The number of hydrogen-bond donors (Lipinski definition) is 2. The molecule has 0 fully saturated rings. The van der Waals surface area contributed by atoms with Crippen LogP contribution in [0, 0.1) is 10.1 Å². The van der Waals surface area contributed by atoms with Gasteiger partial charge in [0.05, 0.1) is 29.5 Å². The zero-order valence-electron chi connectivity index (χ0n) is 10.9. The van der Waals surface area contributed by atoms with Crippen LogP contribution in [0.2, 0.25) is 0 Å².